The third-order valence-electron chi connectivity index (χ3n) is 5.04. The van der Waals surface area contributed by atoms with E-state index >= 15 is 0 Å². The van der Waals surface area contributed by atoms with Crippen molar-refractivity contribution in [1.29, 1.82) is 0 Å². The van der Waals surface area contributed by atoms with Crippen molar-refractivity contribution < 1.29 is 29.2 Å². The molecular formula is C19H28N2O8. The second-order valence-corrected chi connectivity index (χ2v) is 7.05. The summed E-state index contributed by atoms with van der Waals surface area (Å²) in [4.78, 5) is 39.0. The van der Waals surface area contributed by atoms with Gasteiger partial charge in [-0.15, -0.1) is 0 Å². The van der Waals surface area contributed by atoms with Gasteiger partial charge in [0.1, 0.15) is 29.9 Å². The smallest absolute Gasteiger partial charge is 0.330 e. The highest BCUT2D eigenvalue weighted by molar-refractivity contribution is 5.80. The Morgan fingerprint density at radius 3 is 2.69 bits per heavy atom. The van der Waals surface area contributed by atoms with Gasteiger partial charge in [-0.1, -0.05) is 0 Å². The van der Waals surface area contributed by atoms with Crippen LogP contribution in [0.3, 0.4) is 0 Å². The molecule has 10 nitrogen and oxygen atoms in total. The number of carbonyl (C=O) groups excluding carboxylic acids is 1. The van der Waals surface area contributed by atoms with E-state index in [4.69, 9.17) is 14.2 Å². The summed E-state index contributed by atoms with van der Waals surface area (Å²) in [6.45, 7) is 3.50. The summed E-state index contributed by atoms with van der Waals surface area (Å²) in [6.07, 6.45) is -0.211. The normalized spacial score (nSPS) is 27.3. The van der Waals surface area contributed by atoms with Gasteiger partial charge in [0.05, 0.1) is 0 Å². The molecule has 1 aliphatic rings. The number of ketones is 1. The number of aromatic amines is 1. The molecule has 4 atom stereocenters. The molecule has 1 aromatic rings. The minimum absolute atomic E-state index is 0.0832. The minimum Gasteiger partial charge on any atom is -0.510 e. The van der Waals surface area contributed by atoms with Gasteiger partial charge in [-0.2, -0.15) is 0 Å². The van der Waals surface area contributed by atoms with E-state index in [1.54, 1.807) is 6.92 Å². The molecule has 0 aliphatic carbocycles. The zero-order valence-corrected chi connectivity index (χ0v) is 17.0. The van der Waals surface area contributed by atoms with E-state index in [0.29, 0.717) is 13.0 Å². The van der Waals surface area contributed by atoms with Crippen molar-refractivity contribution in [3.05, 3.63) is 44.4 Å². The van der Waals surface area contributed by atoms with Crippen LogP contribution in [0, 0.1) is 0 Å². The van der Waals surface area contributed by atoms with Gasteiger partial charge in [-0.25, -0.2) is 4.79 Å². The molecule has 1 aliphatic heterocycles. The quantitative estimate of drug-likeness (QED) is 0.380. The number of ether oxygens (including phenoxy) is 3. The molecule has 0 radical (unpaired) electrons. The van der Waals surface area contributed by atoms with Gasteiger partial charge in [0.25, 0.3) is 5.56 Å². The second kappa shape index (κ2) is 9.49. The van der Waals surface area contributed by atoms with E-state index in [1.807, 2.05) is 0 Å². The first-order valence-corrected chi connectivity index (χ1v) is 9.29. The van der Waals surface area contributed by atoms with Crippen LogP contribution < -0.4 is 11.2 Å². The highest BCUT2D eigenvalue weighted by atomic mass is 16.6. The Kier molecular flexibility index (Phi) is 7.53. The van der Waals surface area contributed by atoms with Crippen molar-refractivity contribution >= 4 is 5.78 Å². The van der Waals surface area contributed by atoms with E-state index < -0.39 is 35.3 Å². The first-order chi connectivity index (χ1) is 13.7. The largest absolute Gasteiger partial charge is 0.510 e. The molecule has 162 valence electrons. The average molecular weight is 412 g/mol. The number of methoxy groups -OCH3 is 2. The maximum Gasteiger partial charge on any atom is 0.330 e. The number of H-pyrrole nitrogens is 1. The van der Waals surface area contributed by atoms with E-state index in [1.165, 1.54) is 33.4 Å². The molecule has 0 saturated carbocycles. The summed E-state index contributed by atoms with van der Waals surface area (Å²) in [5, 5.41) is 20.6. The molecule has 3 N–H and O–H groups in total. The lowest BCUT2D eigenvalue weighted by atomic mass is 10.0. The van der Waals surface area contributed by atoms with Gasteiger partial charge in [-0.3, -0.25) is 19.1 Å². The summed E-state index contributed by atoms with van der Waals surface area (Å²) in [5.74, 6) is -0.391. The number of aliphatic hydroxyl groups excluding tert-OH is 2. The van der Waals surface area contributed by atoms with Gasteiger partial charge in [-0.05, 0) is 26.3 Å². The average Bonchev–Trinajstić information content (AvgIpc) is 2.94. The van der Waals surface area contributed by atoms with Crippen LogP contribution in [0.4, 0.5) is 0 Å². The van der Waals surface area contributed by atoms with Crippen molar-refractivity contribution in [2.45, 2.75) is 57.1 Å². The van der Waals surface area contributed by atoms with Gasteiger partial charge < -0.3 is 24.4 Å². The predicted octanol–water partition coefficient (Wildman–Crippen LogP) is -0.0160. The van der Waals surface area contributed by atoms with Crippen LogP contribution in [0.5, 0.6) is 0 Å². The highest BCUT2D eigenvalue weighted by Gasteiger charge is 2.55. The van der Waals surface area contributed by atoms with Crippen LogP contribution >= 0.6 is 0 Å². The van der Waals surface area contributed by atoms with Crippen LogP contribution in [0.25, 0.3) is 0 Å². The molecule has 1 fully saturated rings. The summed E-state index contributed by atoms with van der Waals surface area (Å²) in [6, 6.07) is 0. The summed E-state index contributed by atoms with van der Waals surface area (Å²) in [5.41, 5.74) is -2.91. The van der Waals surface area contributed by atoms with Crippen LogP contribution in [0.1, 0.15) is 32.3 Å². The number of nitrogens with zero attached hydrogens (tertiary/aromatic N) is 1. The monoisotopic (exact) mass is 412 g/mol. The highest BCUT2D eigenvalue weighted by Crippen LogP contribution is 2.38. The SMILES string of the molecule is CC=C(O)[C@H]1O[C@@](C)(n2cc(CC(=O)CCCOC)c(=O)[nH]c2=O)[C@H](OC)[C@@H]1O. The number of Topliss-reactive ketones (excluding diaryl/α,β-unsaturated/α-hetero) is 1. The maximum absolute atomic E-state index is 12.5. The zero-order valence-electron chi connectivity index (χ0n) is 17.0. The fourth-order valence-corrected chi connectivity index (χ4v) is 3.50. The molecule has 10 heteroatoms. The first-order valence-electron chi connectivity index (χ1n) is 9.29. The van der Waals surface area contributed by atoms with Gasteiger partial charge in [0, 0.05) is 45.4 Å². The van der Waals surface area contributed by atoms with Crippen LogP contribution in [0.2, 0.25) is 0 Å². The minimum atomic E-state index is -1.54. The molecule has 0 amide bonds. The molecule has 1 saturated heterocycles. The van der Waals surface area contributed by atoms with Crippen molar-refractivity contribution in [2.75, 3.05) is 20.8 Å². The predicted molar refractivity (Wildman–Crippen MR) is 103 cm³/mol. The Hall–Kier alpha value is -2.27. The van der Waals surface area contributed by atoms with Gasteiger partial charge in [0.15, 0.2) is 5.72 Å². The fraction of sp³-hybridized carbons (Fsp3) is 0.632. The van der Waals surface area contributed by atoms with Crippen molar-refractivity contribution in [1.82, 2.24) is 9.55 Å². The lowest BCUT2D eigenvalue weighted by molar-refractivity contribution is -0.138. The fourth-order valence-electron chi connectivity index (χ4n) is 3.50. The summed E-state index contributed by atoms with van der Waals surface area (Å²) in [7, 11) is 2.87. The van der Waals surface area contributed by atoms with E-state index in [-0.39, 0.29) is 29.9 Å². The maximum atomic E-state index is 12.5. The van der Waals surface area contributed by atoms with E-state index in [9.17, 15) is 24.6 Å². The van der Waals surface area contributed by atoms with Crippen molar-refractivity contribution in [3.8, 4) is 0 Å². The molecule has 2 rings (SSSR count). The Bertz CT molecular complexity index is 874. The molecule has 0 aromatic carbocycles. The zero-order chi connectivity index (χ0) is 21.8. The number of aromatic nitrogens is 2. The Balaban J connectivity index is 2.41. The molecular weight excluding hydrogens is 384 g/mol. The number of nitrogens with one attached hydrogen (secondary N) is 1. The van der Waals surface area contributed by atoms with Crippen molar-refractivity contribution in [2.24, 2.45) is 0 Å². The number of aliphatic hydroxyl groups is 2. The lowest BCUT2D eigenvalue weighted by Crippen LogP contribution is -2.50. The number of carbonyl (C=O) groups is 1. The second-order valence-electron chi connectivity index (χ2n) is 7.05. The molecule has 1 aromatic heterocycles. The topological polar surface area (TPSA) is 140 Å². The van der Waals surface area contributed by atoms with Crippen LogP contribution in [0.15, 0.2) is 27.6 Å². The van der Waals surface area contributed by atoms with Crippen LogP contribution in [-0.4, -0.2) is 64.7 Å². The number of hydrogen-bond donors (Lipinski definition) is 3. The Morgan fingerprint density at radius 1 is 1.41 bits per heavy atom. The summed E-state index contributed by atoms with van der Waals surface area (Å²) >= 11 is 0. The third-order valence-corrected chi connectivity index (χ3v) is 5.04. The summed E-state index contributed by atoms with van der Waals surface area (Å²) < 4.78 is 17.1. The van der Waals surface area contributed by atoms with Crippen molar-refractivity contribution in [3.63, 3.8) is 0 Å². The molecule has 0 unspecified atom stereocenters. The standard InChI is InChI=1S/C19H28N2O8/c1-5-13(23)15-14(24)16(28-4)19(2,29-15)21-10-11(17(25)20-18(21)26)9-12(22)7-6-8-27-3/h5,10,14-16,23-24H,6-9H2,1-4H3,(H,20,25,26)/t14-,15-,16-,19-/m1/s1. The molecule has 0 spiro atoms. The van der Waals surface area contributed by atoms with Crippen LogP contribution in [-0.2, 0) is 31.2 Å². The van der Waals surface area contributed by atoms with E-state index in [2.05, 4.69) is 4.98 Å². The Morgan fingerprint density at radius 2 is 2.10 bits per heavy atom. The number of hydrogen-bond acceptors (Lipinski definition) is 8. The molecule has 2 heterocycles. The first kappa shape index (κ1) is 23.0. The third kappa shape index (κ3) is 4.67. The number of allylic oxidation sites excluding steroid dienone is 1. The van der Waals surface area contributed by atoms with Gasteiger partial charge in [0.2, 0.25) is 0 Å². The van der Waals surface area contributed by atoms with Gasteiger partial charge >= 0.3 is 5.69 Å². The lowest BCUT2D eigenvalue weighted by Gasteiger charge is -2.31. The molecule has 29 heavy (non-hydrogen) atoms. The van der Waals surface area contributed by atoms with E-state index in [0.717, 1.165) is 4.57 Å². The Labute approximate surface area is 167 Å². The number of rotatable bonds is 9. The molecule has 0 bridgehead atoms.